The molecule has 1 aromatic heterocycles. The Kier molecular flexibility index (Phi) is 3.02. The summed E-state index contributed by atoms with van der Waals surface area (Å²) in [6.45, 7) is 4.59. The largest absolute Gasteiger partial charge is 0.292 e. The maximum Gasteiger partial charge on any atom is 0.145 e. The predicted octanol–water partition coefficient (Wildman–Crippen LogP) is 6.09. The van der Waals surface area contributed by atoms with Gasteiger partial charge in [0.25, 0.3) is 0 Å². The van der Waals surface area contributed by atoms with E-state index in [0.29, 0.717) is 0 Å². The lowest BCUT2D eigenvalue weighted by Gasteiger charge is -2.34. The normalized spacial score (nSPS) is 14.5. The summed E-state index contributed by atoms with van der Waals surface area (Å²) in [4.78, 5) is 4.99. The number of rotatable bonds is 1. The molecule has 0 unspecified atom stereocenters. The lowest BCUT2D eigenvalue weighted by Crippen LogP contribution is -2.26. The van der Waals surface area contributed by atoms with Crippen molar-refractivity contribution in [3.63, 3.8) is 0 Å². The topological polar surface area (TPSA) is 17.8 Å². The Balaban J connectivity index is 1.98. The minimum atomic E-state index is -0.0669. The molecule has 5 rings (SSSR count). The summed E-state index contributed by atoms with van der Waals surface area (Å²) in [5.41, 5.74) is 7.20. The first-order chi connectivity index (χ1) is 12.1. The first kappa shape index (κ1) is 14.9. The third-order valence-electron chi connectivity index (χ3n) is 5.25. The molecular formula is C22H17BrN2. The van der Waals surface area contributed by atoms with Crippen LogP contribution in [0.1, 0.15) is 25.0 Å². The van der Waals surface area contributed by atoms with Gasteiger partial charge in [0.1, 0.15) is 5.82 Å². The fourth-order valence-corrected chi connectivity index (χ4v) is 4.36. The number of nitrogens with zero attached hydrogens (tertiary/aromatic N) is 2. The minimum absolute atomic E-state index is 0.0669. The number of benzene rings is 3. The van der Waals surface area contributed by atoms with Crippen molar-refractivity contribution in [2.24, 2.45) is 0 Å². The van der Waals surface area contributed by atoms with Crippen LogP contribution in [0.5, 0.6) is 0 Å². The fourth-order valence-electron chi connectivity index (χ4n) is 4.00. The number of imidazole rings is 1. The van der Waals surface area contributed by atoms with Crippen molar-refractivity contribution < 1.29 is 0 Å². The molecule has 1 aliphatic heterocycles. The molecule has 0 N–H and O–H groups in total. The molecular weight excluding hydrogens is 372 g/mol. The number of fused-ring (bicyclic) bond motifs is 2. The summed E-state index contributed by atoms with van der Waals surface area (Å²) in [6, 6.07) is 23.5. The summed E-state index contributed by atoms with van der Waals surface area (Å²) in [7, 11) is 0. The van der Waals surface area contributed by atoms with Crippen LogP contribution < -0.4 is 0 Å². The third-order valence-corrected chi connectivity index (χ3v) is 5.75. The number of para-hydroxylation sites is 1. The van der Waals surface area contributed by atoms with Gasteiger partial charge in [0.15, 0.2) is 0 Å². The zero-order valence-corrected chi connectivity index (χ0v) is 15.7. The van der Waals surface area contributed by atoms with Gasteiger partial charge in [0.2, 0.25) is 0 Å². The molecule has 0 aliphatic carbocycles. The van der Waals surface area contributed by atoms with Gasteiger partial charge in [-0.2, -0.15) is 0 Å². The molecule has 0 saturated carbocycles. The highest BCUT2D eigenvalue weighted by molar-refractivity contribution is 9.10. The van der Waals surface area contributed by atoms with Crippen LogP contribution in [0.4, 0.5) is 0 Å². The molecule has 3 aromatic carbocycles. The van der Waals surface area contributed by atoms with E-state index in [0.717, 1.165) is 21.4 Å². The Morgan fingerprint density at radius 2 is 1.68 bits per heavy atom. The van der Waals surface area contributed by atoms with Gasteiger partial charge in [0.05, 0.1) is 16.7 Å². The van der Waals surface area contributed by atoms with Crippen LogP contribution in [-0.4, -0.2) is 9.55 Å². The lowest BCUT2D eigenvalue weighted by atomic mass is 9.75. The van der Waals surface area contributed by atoms with E-state index < -0.39 is 0 Å². The molecule has 2 nitrogen and oxygen atoms in total. The van der Waals surface area contributed by atoms with Gasteiger partial charge < -0.3 is 0 Å². The first-order valence-corrected chi connectivity index (χ1v) is 9.24. The summed E-state index contributed by atoms with van der Waals surface area (Å²) >= 11 is 3.65. The van der Waals surface area contributed by atoms with Crippen molar-refractivity contribution in [2.75, 3.05) is 0 Å². The van der Waals surface area contributed by atoms with Crippen LogP contribution in [-0.2, 0) is 5.41 Å². The van der Waals surface area contributed by atoms with E-state index in [2.05, 4.69) is 95.0 Å². The van der Waals surface area contributed by atoms with Gasteiger partial charge in [-0.25, -0.2) is 4.98 Å². The average molecular weight is 389 g/mol. The van der Waals surface area contributed by atoms with E-state index in [9.17, 15) is 0 Å². The van der Waals surface area contributed by atoms with Crippen molar-refractivity contribution in [2.45, 2.75) is 19.3 Å². The van der Waals surface area contributed by atoms with Crippen LogP contribution in [0, 0.1) is 0 Å². The number of hydrogen-bond donors (Lipinski definition) is 0. The second-order valence-electron chi connectivity index (χ2n) is 7.10. The molecule has 0 spiro atoms. The van der Waals surface area contributed by atoms with Crippen molar-refractivity contribution in [1.82, 2.24) is 9.55 Å². The maximum absolute atomic E-state index is 4.99. The molecule has 2 heterocycles. The smallest absolute Gasteiger partial charge is 0.145 e. The number of hydrogen-bond acceptors (Lipinski definition) is 1. The van der Waals surface area contributed by atoms with E-state index in [4.69, 9.17) is 4.98 Å². The molecule has 3 heteroatoms. The molecule has 0 fully saturated rings. The zero-order chi connectivity index (χ0) is 17.2. The van der Waals surface area contributed by atoms with Gasteiger partial charge in [0, 0.05) is 15.5 Å². The summed E-state index contributed by atoms with van der Waals surface area (Å²) in [5.74, 6) is 1.00. The Morgan fingerprint density at radius 1 is 0.880 bits per heavy atom. The summed E-state index contributed by atoms with van der Waals surface area (Å²) in [5, 5.41) is 0. The summed E-state index contributed by atoms with van der Waals surface area (Å²) < 4.78 is 3.43. The second-order valence-corrected chi connectivity index (χ2v) is 8.01. The number of aromatic nitrogens is 2. The molecule has 0 bridgehead atoms. The molecule has 25 heavy (non-hydrogen) atoms. The van der Waals surface area contributed by atoms with Crippen LogP contribution in [0.3, 0.4) is 0 Å². The summed E-state index contributed by atoms with van der Waals surface area (Å²) in [6.07, 6.45) is 0. The van der Waals surface area contributed by atoms with Crippen molar-refractivity contribution >= 4 is 27.0 Å². The van der Waals surface area contributed by atoms with Crippen LogP contribution in [0.15, 0.2) is 71.2 Å². The molecule has 0 saturated heterocycles. The third kappa shape index (κ3) is 1.99. The Hall–Kier alpha value is -2.39. The van der Waals surface area contributed by atoms with E-state index in [1.807, 2.05) is 6.07 Å². The molecule has 0 radical (unpaired) electrons. The Morgan fingerprint density at radius 3 is 2.48 bits per heavy atom. The zero-order valence-electron chi connectivity index (χ0n) is 14.1. The molecule has 0 amide bonds. The highest BCUT2D eigenvalue weighted by atomic mass is 79.9. The highest BCUT2D eigenvalue weighted by Gasteiger charge is 2.35. The molecule has 0 atom stereocenters. The SMILES string of the molecule is CC1(C)c2cc(Br)ccc2-n2c(-c3ccccc3)nc3cccc1c32. The minimum Gasteiger partial charge on any atom is -0.292 e. The fraction of sp³-hybridized carbons (Fsp3) is 0.136. The Labute approximate surface area is 155 Å². The predicted molar refractivity (Wildman–Crippen MR) is 106 cm³/mol. The highest BCUT2D eigenvalue weighted by Crippen LogP contribution is 2.46. The second kappa shape index (κ2) is 5.06. The van der Waals surface area contributed by atoms with Crippen molar-refractivity contribution in [3.8, 4) is 17.1 Å². The van der Waals surface area contributed by atoms with E-state index in [1.54, 1.807) is 0 Å². The molecule has 4 aromatic rings. The Bertz CT molecular complexity index is 1120. The molecule has 1 aliphatic rings. The van der Waals surface area contributed by atoms with Crippen LogP contribution in [0.25, 0.3) is 28.1 Å². The van der Waals surface area contributed by atoms with Crippen LogP contribution in [0.2, 0.25) is 0 Å². The van der Waals surface area contributed by atoms with Crippen molar-refractivity contribution in [1.29, 1.82) is 0 Å². The van der Waals surface area contributed by atoms with Gasteiger partial charge in [-0.3, -0.25) is 4.57 Å². The van der Waals surface area contributed by atoms with Gasteiger partial charge >= 0.3 is 0 Å². The van der Waals surface area contributed by atoms with Crippen molar-refractivity contribution in [3.05, 3.63) is 82.3 Å². The quantitative estimate of drug-likeness (QED) is 0.385. The first-order valence-electron chi connectivity index (χ1n) is 8.45. The van der Waals surface area contributed by atoms with Gasteiger partial charge in [-0.15, -0.1) is 0 Å². The van der Waals surface area contributed by atoms with E-state index in [1.165, 1.54) is 22.3 Å². The lowest BCUT2D eigenvalue weighted by molar-refractivity contribution is 0.628. The van der Waals surface area contributed by atoms with Gasteiger partial charge in [-0.1, -0.05) is 72.2 Å². The van der Waals surface area contributed by atoms with Gasteiger partial charge in [-0.05, 0) is 35.4 Å². The van der Waals surface area contributed by atoms with E-state index in [-0.39, 0.29) is 5.41 Å². The molecule has 122 valence electrons. The standard InChI is InChI=1S/C22H17BrN2/c1-22(2)16-9-6-10-18-20(16)25(19-12-11-15(23)13-17(19)22)21(24-18)14-7-4-3-5-8-14/h3-13H,1-2H3. The van der Waals surface area contributed by atoms with E-state index >= 15 is 0 Å². The monoisotopic (exact) mass is 388 g/mol. The van der Waals surface area contributed by atoms with Crippen LogP contribution >= 0.6 is 15.9 Å². The number of halogens is 1. The maximum atomic E-state index is 4.99. The average Bonchev–Trinajstić information content (AvgIpc) is 3.01.